The predicted molar refractivity (Wildman–Crippen MR) is 60.3 cm³/mol. The first kappa shape index (κ1) is 12.5. The molecule has 0 saturated heterocycles. The van der Waals surface area contributed by atoms with Crippen molar-refractivity contribution in [3.63, 3.8) is 0 Å². The van der Waals surface area contributed by atoms with E-state index in [2.05, 4.69) is 6.07 Å². The van der Waals surface area contributed by atoms with Gasteiger partial charge >= 0.3 is 0 Å². The Morgan fingerprint density at radius 1 is 1.11 bits per heavy atom. The van der Waals surface area contributed by atoms with Crippen LogP contribution in [0.3, 0.4) is 0 Å². The van der Waals surface area contributed by atoms with E-state index in [9.17, 15) is 13.2 Å². The summed E-state index contributed by atoms with van der Waals surface area (Å²) in [5.41, 5.74) is -1.20. The number of benzene rings is 2. The Labute approximate surface area is 106 Å². The number of nitrogens with zero attached hydrogens (tertiary/aromatic N) is 1. The van der Waals surface area contributed by atoms with Gasteiger partial charge in [0.05, 0.1) is 22.2 Å². The molecule has 0 fully saturated rings. The highest BCUT2D eigenvalue weighted by molar-refractivity contribution is 6.33. The van der Waals surface area contributed by atoms with Crippen molar-refractivity contribution in [2.24, 2.45) is 0 Å². The molecule has 0 saturated carbocycles. The Morgan fingerprint density at radius 2 is 1.72 bits per heavy atom. The number of nitriles is 1. The van der Waals surface area contributed by atoms with Crippen LogP contribution in [0.5, 0.6) is 0 Å². The smallest absolute Gasteiger partial charge is 0.140 e. The van der Waals surface area contributed by atoms with Gasteiger partial charge in [-0.05, 0) is 24.3 Å². The molecule has 0 aromatic heterocycles. The molecule has 0 aliphatic rings. The summed E-state index contributed by atoms with van der Waals surface area (Å²) in [6, 6.07) is 7.90. The van der Waals surface area contributed by atoms with Crippen molar-refractivity contribution in [2.75, 3.05) is 0 Å². The second kappa shape index (κ2) is 4.71. The van der Waals surface area contributed by atoms with Crippen molar-refractivity contribution in [1.82, 2.24) is 0 Å². The van der Waals surface area contributed by atoms with Crippen molar-refractivity contribution in [1.29, 1.82) is 5.26 Å². The fourth-order valence-electron chi connectivity index (χ4n) is 1.55. The van der Waals surface area contributed by atoms with E-state index in [1.165, 1.54) is 12.1 Å². The first-order valence-corrected chi connectivity index (χ1v) is 5.17. The molecular weight excluding hydrogens is 263 g/mol. The van der Waals surface area contributed by atoms with E-state index in [4.69, 9.17) is 16.9 Å². The van der Waals surface area contributed by atoms with Gasteiger partial charge in [0, 0.05) is 11.6 Å². The molecule has 0 atom stereocenters. The zero-order chi connectivity index (χ0) is 13.3. The highest BCUT2D eigenvalue weighted by Crippen LogP contribution is 2.34. The number of halogens is 4. The minimum Gasteiger partial charge on any atom is -0.206 e. The van der Waals surface area contributed by atoms with Gasteiger partial charge in [-0.15, -0.1) is 0 Å². The Morgan fingerprint density at radius 3 is 2.22 bits per heavy atom. The van der Waals surface area contributed by atoms with Crippen LogP contribution in [0.4, 0.5) is 13.2 Å². The van der Waals surface area contributed by atoms with Crippen molar-refractivity contribution < 1.29 is 13.2 Å². The predicted octanol–water partition coefficient (Wildman–Crippen LogP) is 4.10. The van der Waals surface area contributed by atoms with Gasteiger partial charge in [-0.1, -0.05) is 11.6 Å². The molecule has 0 unspecified atom stereocenters. The normalized spacial score (nSPS) is 10.2. The summed E-state index contributed by atoms with van der Waals surface area (Å²) < 4.78 is 41.0. The molecule has 1 radical (unpaired) electrons. The van der Waals surface area contributed by atoms with Gasteiger partial charge in [0.2, 0.25) is 0 Å². The first-order valence-electron chi connectivity index (χ1n) is 4.79. The van der Waals surface area contributed by atoms with Crippen LogP contribution in [-0.4, -0.2) is 0 Å². The average molecular weight is 267 g/mol. The largest absolute Gasteiger partial charge is 0.206 e. The summed E-state index contributed by atoms with van der Waals surface area (Å²) >= 11 is 5.72. The topological polar surface area (TPSA) is 23.8 Å². The van der Waals surface area contributed by atoms with Gasteiger partial charge in [0.1, 0.15) is 17.5 Å². The van der Waals surface area contributed by atoms with Gasteiger partial charge in [0.25, 0.3) is 0 Å². The molecule has 0 aliphatic heterocycles. The van der Waals surface area contributed by atoms with Crippen LogP contribution in [0.1, 0.15) is 5.56 Å². The van der Waals surface area contributed by atoms with Crippen LogP contribution in [0.25, 0.3) is 11.1 Å². The molecule has 89 valence electrons. The maximum absolute atomic E-state index is 13.7. The molecule has 5 heteroatoms. The van der Waals surface area contributed by atoms with E-state index in [0.29, 0.717) is 0 Å². The van der Waals surface area contributed by atoms with Gasteiger partial charge in [0.15, 0.2) is 0 Å². The Kier molecular flexibility index (Phi) is 3.26. The second-order valence-corrected chi connectivity index (χ2v) is 3.85. The van der Waals surface area contributed by atoms with Crippen LogP contribution in [-0.2, 0) is 0 Å². The molecule has 18 heavy (non-hydrogen) atoms. The molecule has 2 aromatic rings. The van der Waals surface area contributed by atoms with E-state index in [1.54, 1.807) is 6.07 Å². The third-order valence-electron chi connectivity index (χ3n) is 2.32. The van der Waals surface area contributed by atoms with Crippen LogP contribution in [0.15, 0.2) is 24.3 Å². The Balaban J connectivity index is 2.77. The Hall–Kier alpha value is -1.99. The number of hydrogen-bond donors (Lipinski definition) is 0. The molecule has 0 aliphatic carbocycles. The molecule has 0 bridgehead atoms. The van der Waals surface area contributed by atoms with E-state index in [1.807, 2.05) is 0 Å². The summed E-state index contributed by atoms with van der Waals surface area (Å²) in [4.78, 5) is 0. The molecular formula is C13H4ClF3N. The van der Waals surface area contributed by atoms with Gasteiger partial charge in [-0.2, -0.15) is 5.26 Å². The summed E-state index contributed by atoms with van der Waals surface area (Å²) in [7, 11) is 0. The SMILES string of the molecule is N#Cc1cc(F)c(-c2c(F)[c]ccc2Cl)c(F)c1. The Bertz CT molecular complexity index is 619. The van der Waals surface area contributed by atoms with Crippen molar-refractivity contribution >= 4 is 11.6 Å². The molecule has 1 nitrogen and oxygen atoms in total. The standard InChI is InChI=1S/C13H4ClF3N/c14-8-2-1-3-9(15)12(8)13-10(16)4-7(6-18)5-11(13)17/h1-2,4-5H. The zero-order valence-corrected chi connectivity index (χ0v) is 9.52. The minimum absolute atomic E-state index is 0.131. The third-order valence-corrected chi connectivity index (χ3v) is 2.63. The van der Waals surface area contributed by atoms with Crippen molar-refractivity contribution in [3.8, 4) is 17.2 Å². The van der Waals surface area contributed by atoms with Crippen LogP contribution in [0.2, 0.25) is 5.02 Å². The summed E-state index contributed by atoms with van der Waals surface area (Å²) in [6.45, 7) is 0. The highest BCUT2D eigenvalue weighted by atomic mass is 35.5. The lowest BCUT2D eigenvalue weighted by atomic mass is 10.0. The molecule has 0 amide bonds. The molecule has 0 N–H and O–H groups in total. The van der Waals surface area contributed by atoms with E-state index >= 15 is 0 Å². The fourth-order valence-corrected chi connectivity index (χ4v) is 1.79. The van der Waals surface area contributed by atoms with Crippen LogP contribution in [0, 0.1) is 34.8 Å². The van der Waals surface area contributed by atoms with Crippen molar-refractivity contribution in [2.45, 2.75) is 0 Å². The second-order valence-electron chi connectivity index (χ2n) is 3.44. The van der Waals surface area contributed by atoms with E-state index in [-0.39, 0.29) is 10.6 Å². The molecule has 2 aromatic carbocycles. The highest BCUT2D eigenvalue weighted by Gasteiger charge is 2.19. The van der Waals surface area contributed by atoms with Gasteiger partial charge in [-0.25, -0.2) is 13.2 Å². The number of rotatable bonds is 1. The fraction of sp³-hybridized carbons (Fsp3) is 0. The van der Waals surface area contributed by atoms with E-state index < -0.39 is 28.6 Å². The zero-order valence-electron chi connectivity index (χ0n) is 8.77. The lowest BCUT2D eigenvalue weighted by molar-refractivity contribution is 0.581. The number of hydrogen-bond acceptors (Lipinski definition) is 1. The third kappa shape index (κ3) is 2.05. The quantitative estimate of drug-likeness (QED) is 0.762. The van der Waals surface area contributed by atoms with E-state index in [0.717, 1.165) is 12.1 Å². The summed E-state index contributed by atoms with van der Waals surface area (Å²) in [5, 5.41) is 8.44. The van der Waals surface area contributed by atoms with Crippen molar-refractivity contribution in [3.05, 3.63) is 58.4 Å². The minimum atomic E-state index is -1.05. The first-order chi connectivity index (χ1) is 8.54. The van der Waals surface area contributed by atoms with Gasteiger partial charge in [-0.3, -0.25) is 0 Å². The monoisotopic (exact) mass is 266 g/mol. The van der Waals surface area contributed by atoms with Crippen LogP contribution >= 0.6 is 11.6 Å². The van der Waals surface area contributed by atoms with Gasteiger partial charge < -0.3 is 0 Å². The summed E-state index contributed by atoms with van der Waals surface area (Å²) in [6.07, 6.45) is 0. The lowest BCUT2D eigenvalue weighted by Gasteiger charge is -2.08. The maximum Gasteiger partial charge on any atom is 0.140 e. The molecule has 0 heterocycles. The van der Waals surface area contributed by atoms with Crippen LogP contribution < -0.4 is 0 Å². The maximum atomic E-state index is 13.7. The lowest BCUT2D eigenvalue weighted by Crippen LogP contribution is -1.96. The molecule has 0 spiro atoms. The molecule has 2 rings (SSSR count). The summed E-state index contributed by atoms with van der Waals surface area (Å²) in [5.74, 6) is -3.05. The average Bonchev–Trinajstić information content (AvgIpc) is 2.31.